The number of carbonyl (C=O) groups is 1. The first-order valence-corrected chi connectivity index (χ1v) is 9.23. The molecule has 0 fully saturated rings. The standard InChI is InChI=1S/C23H20N4O2/c1-17-21(25-23(29)24-18-11-5-2-6-12-18)22(28)27(20-15-9-4-10-16-20)26(17)19-13-7-3-8-14-19/h2-16H,1H3,(H2,24,25,29). The second kappa shape index (κ2) is 7.90. The fraction of sp³-hybridized carbons (Fsp3) is 0.0435. The van der Waals surface area contributed by atoms with Gasteiger partial charge in [-0.2, -0.15) is 0 Å². The fourth-order valence-corrected chi connectivity index (χ4v) is 3.23. The molecule has 0 bridgehead atoms. The highest BCUT2D eigenvalue weighted by molar-refractivity contribution is 6.00. The summed E-state index contributed by atoms with van der Waals surface area (Å²) in [5, 5.41) is 5.47. The van der Waals surface area contributed by atoms with Gasteiger partial charge in [0, 0.05) is 5.69 Å². The lowest BCUT2D eigenvalue weighted by Crippen LogP contribution is -2.25. The molecule has 0 aliphatic rings. The van der Waals surface area contributed by atoms with Gasteiger partial charge in [0.15, 0.2) is 0 Å². The van der Waals surface area contributed by atoms with Crippen LogP contribution < -0.4 is 16.2 Å². The molecular weight excluding hydrogens is 364 g/mol. The molecule has 6 heteroatoms. The molecule has 2 N–H and O–H groups in total. The number of anilines is 2. The summed E-state index contributed by atoms with van der Waals surface area (Å²) in [6.45, 7) is 1.81. The molecule has 0 spiro atoms. The van der Waals surface area contributed by atoms with E-state index in [9.17, 15) is 9.59 Å². The Kier molecular flexibility index (Phi) is 4.99. The van der Waals surface area contributed by atoms with Crippen LogP contribution in [0, 0.1) is 6.92 Å². The topological polar surface area (TPSA) is 68.1 Å². The number of amides is 2. The van der Waals surface area contributed by atoms with E-state index in [1.54, 1.807) is 21.5 Å². The minimum atomic E-state index is -0.471. The molecule has 4 aromatic rings. The third kappa shape index (κ3) is 3.68. The quantitative estimate of drug-likeness (QED) is 0.541. The number of urea groups is 1. The minimum Gasteiger partial charge on any atom is -0.308 e. The number of hydrogen-bond donors (Lipinski definition) is 2. The first-order valence-electron chi connectivity index (χ1n) is 9.23. The van der Waals surface area contributed by atoms with Crippen LogP contribution in [0.15, 0.2) is 95.8 Å². The number of nitrogens with zero attached hydrogens (tertiary/aromatic N) is 2. The van der Waals surface area contributed by atoms with E-state index in [4.69, 9.17) is 0 Å². The van der Waals surface area contributed by atoms with Crippen LogP contribution in [-0.2, 0) is 0 Å². The number of carbonyl (C=O) groups excluding carboxylic acids is 1. The lowest BCUT2D eigenvalue weighted by Gasteiger charge is -2.13. The molecule has 0 aliphatic carbocycles. The second-order valence-electron chi connectivity index (χ2n) is 6.51. The smallest absolute Gasteiger partial charge is 0.308 e. The number of para-hydroxylation sites is 3. The van der Waals surface area contributed by atoms with Crippen molar-refractivity contribution in [3.8, 4) is 11.4 Å². The van der Waals surface area contributed by atoms with Gasteiger partial charge in [0.05, 0.1) is 17.1 Å². The van der Waals surface area contributed by atoms with Gasteiger partial charge in [-0.05, 0) is 43.3 Å². The van der Waals surface area contributed by atoms with E-state index >= 15 is 0 Å². The summed E-state index contributed by atoms with van der Waals surface area (Å²) in [5.41, 5.74) is 2.73. The van der Waals surface area contributed by atoms with Gasteiger partial charge >= 0.3 is 6.03 Å². The molecule has 0 aliphatic heterocycles. The van der Waals surface area contributed by atoms with Crippen LogP contribution in [-0.4, -0.2) is 15.4 Å². The molecule has 144 valence electrons. The number of aromatic nitrogens is 2. The average molecular weight is 384 g/mol. The summed E-state index contributed by atoms with van der Waals surface area (Å²) in [7, 11) is 0. The summed E-state index contributed by atoms with van der Waals surface area (Å²) in [5.74, 6) is 0. The van der Waals surface area contributed by atoms with Gasteiger partial charge in [-0.3, -0.25) is 4.79 Å². The molecule has 0 unspecified atom stereocenters. The Morgan fingerprint density at radius 1 is 0.690 bits per heavy atom. The largest absolute Gasteiger partial charge is 0.323 e. The summed E-state index contributed by atoms with van der Waals surface area (Å²) in [4.78, 5) is 25.8. The molecular formula is C23H20N4O2. The number of benzene rings is 3. The SMILES string of the molecule is Cc1c(NC(=O)Nc2ccccc2)c(=O)n(-c2ccccc2)n1-c1ccccc1. The normalized spacial score (nSPS) is 10.5. The molecule has 29 heavy (non-hydrogen) atoms. The van der Waals surface area contributed by atoms with Gasteiger partial charge in [0.1, 0.15) is 5.69 Å². The van der Waals surface area contributed by atoms with Gasteiger partial charge in [-0.25, -0.2) is 14.2 Å². The monoisotopic (exact) mass is 384 g/mol. The summed E-state index contributed by atoms with van der Waals surface area (Å²) in [6.07, 6.45) is 0. The molecule has 1 heterocycles. The van der Waals surface area contributed by atoms with Crippen molar-refractivity contribution in [1.82, 2.24) is 9.36 Å². The maximum Gasteiger partial charge on any atom is 0.323 e. The lowest BCUT2D eigenvalue weighted by atomic mass is 10.3. The Morgan fingerprint density at radius 3 is 1.72 bits per heavy atom. The summed E-state index contributed by atoms with van der Waals surface area (Å²) < 4.78 is 3.36. The first kappa shape index (κ1) is 18.3. The fourth-order valence-electron chi connectivity index (χ4n) is 3.23. The van der Waals surface area contributed by atoms with E-state index in [0.717, 1.165) is 5.69 Å². The molecule has 1 aromatic heterocycles. The molecule has 6 nitrogen and oxygen atoms in total. The van der Waals surface area contributed by atoms with Gasteiger partial charge in [0.25, 0.3) is 5.56 Å². The van der Waals surface area contributed by atoms with E-state index in [2.05, 4.69) is 10.6 Å². The van der Waals surface area contributed by atoms with Gasteiger partial charge in [-0.1, -0.05) is 54.6 Å². The van der Waals surface area contributed by atoms with E-state index in [-0.39, 0.29) is 11.2 Å². The molecule has 0 radical (unpaired) electrons. The zero-order chi connectivity index (χ0) is 20.2. The molecule has 0 saturated carbocycles. The van der Waals surface area contributed by atoms with Crippen molar-refractivity contribution in [3.05, 3.63) is 107 Å². The van der Waals surface area contributed by atoms with Crippen molar-refractivity contribution in [2.75, 3.05) is 10.6 Å². The van der Waals surface area contributed by atoms with Crippen LogP contribution in [0.3, 0.4) is 0 Å². The predicted molar refractivity (Wildman–Crippen MR) is 115 cm³/mol. The Labute approximate surface area is 168 Å². The Hall–Kier alpha value is -4.06. The molecule has 4 rings (SSSR count). The van der Waals surface area contributed by atoms with Gasteiger partial charge in [-0.15, -0.1) is 0 Å². The lowest BCUT2D eigenvalue weighted by molar-refractivity contribution is 0.262. The molecule has 0 atom stereocenters. The second-order valence-corrected chi connectivity index (χ2v) is 6.51. The summed E-state index contributed by atoms with van der Waals surface area (Å²) >= 11 is 0. The van der Waals surface area contributed by atoms with Crippen molar-refractivity contribution in [2.45, 2.75) is 6.92 Å². The average Bonchev–Trinajstić information content (AvgIpc) is 3.00. The van der Waals surface area contributed by atoms with E-state index in [0.29, 0.717) is 17.1 Å². The van der Waals surface area contributed by atoms with Gasteiger partial charge < -0.3 is 10.6 Å². The molecule has 2 amide bonds. The third-order valence-corrected chi connectivity index (χ3v) is 4.56. The molecule has 3 aromatic carbocycles. The first-order chi connectivity index (χ1) is 14.1. The van der Waals surface area contributed by atoms with Crippen LogP contribution in [0.4, 0.5) is 16.2 Å². The van der Waals surface area contributed by atoms with E-state index in [1.807, 2.05) is 85.8 Å². The Bertz CT molecular complexity index is 1180. The highest BCUT2D eigenvalue weighted by Gasteiger charge is 2.21. The van der Waals surface area contributed by atoms with E-state index in [1.165, 1.54) is 0 Å². The predicted octanol–water partition coefficient (Wildman–Crippen LogP) is 4.58. The maximum atomic E-state index is 13.3. The maximum absolute atomic E-state index is 13.3. The number of hydrogen-bond acceptors (Lipinski definition) is 2. The van der Waals surface area contributed by atoms with Crippen LogP contribution in [0.1, 0.15) is 5.69 Å². The highest BCUT2D eigenvalue weighted by atomic mass is 16.2. The van der Waals surface area contributed by atoms with Gasteiger partial charge in [0.2, 0.25) is 0 Å². The number of nitrogens with one attached hydrogen (secondary N) is 2. The van der Waals surface area contributed by atoms with E-state index < -0.39 is 6.03 Å². The van der Waals surface area contributed by atoms with Crippen LogP contribution in [0.5, 0.6) is 0 Å². The van der Waals surface area contributed by atoms with Crippen LogP contribution >= 0.6 is 0 Å². The van der Waals surface area contributed by atoms with Crippen LogP contribution in [0.25, 0.3) is 11.4 Å². The third-order valence-electron chi connectivity index (χ3n) is 4.56. The van der Waals surface area contributed by atoms with Crippen molar-refractivity contribution in [1.29, 1.82) is 0 Å². The van der Waals surface area contributed by atoms with Crippen molar-refractivity contribution in [2.24, 2.45) is 0 Å². The van der Waals surface area contributed by atoms with Crippen LogP contribution in [0.2, 0.25) is 0 Å². The highest BCUT2D eigenvalue weighted by Crippen LogP contribution is 2.20. The van der Waals surface area contributed by atoms with Crippen molar-refractivity contribution >= 4 is 17.4 Å². The zero-order valence-electron chi connectivity index (χ0n) is 15.9. The molecule has 0 saturated heterocycles. The zero-order valence-corrected chi connectivity index (χ0v) is 15.9. The van der Waals surface area contributed by atoms with Crippen molar-refractivity contribution < 1.29 is 4.79 Å². The van der Waals surface area contributed by atoms with Crippen molar-refractivity contribution in [3.63, 3.8) is 0 Å². The Morgan fingerprint density at radius 2 is 1.17 bits per heavy atom. The summed E-state index contributed by atoms with van der Waals surface area (Å²) in [6, 6.07) is 27.5. The Balaban J connectivity index is 1.78. The minimum absolute atomic E-state index is 0.228. The number of rotatable bonds is 4.